The van der Waals surface area contributed by atoms with Gasteiger partial charge in [-0.1, -0.05) is 35.7 Å². The summed E-state index contributed by atoms with van der Waals surface area (Å²) in [6.45, 7) is 1.72. The van der Waals surface area contributed by atoms with Crippen molar-refractivity contribution in [2.45, 2.75) is 19.0 Å². The van der Waals surface area contributed by atoms with Crippen molar-refractivity contribution < 1.29 is 14.7 Å². The Kier molecular flexibility index (Phi) is 5.26. The molecule has 0 aliphatic carbocycles. The normalized spacial score (nSPS) is 18.4. The second-order valence-corrected chi connectivity index (χ2v) is 5.60. The minimum atomic E-state index is -0.459. The molecule has 2 rings (SSSR count). The smallest absolute Gasteiger partial charge is 0.279 e. The van der Waals surface area contributed by atoms with Crippen LogP contribution in [0.5, 0.6) is 0 Å². The summed E-state index contributed by atoms with van der Waals surface area (Å²) >= 11 is 1.12. The van der Waals surface area contributed by atoms with Crippen LogP contribution in [0.4, 0.5) is 4.79 Å². The average Bonchev–Trinajstić information content (AvgIpc) is 2.92. The van der Waals surface area contributed by atoms with Gasteiger partial charge in [0.15, 0.2) is 0 Å². The van der Waals surface area contributed by atoms with E-state index in [0.29, 0.717) is 5.75 Å². The molecule has 0 spiro atoms. The number of benzene rings is 1. The SMILES string of the molecule is CC(NC(=O)C1CSC(=O)N1)c1ccc(C#CCO)cc1. The topological polar surface area (TPSA) is 78.4 Å². The van der Waals surface area contributed by atoms with Gasteiger partial charge in [0.1, 0.15) is 12.6 Å². The molecule has 110 valence electrons. The second kappa shape index (κ2) is 7.16. The second-order valence-electron chi connectivity index (χ2n) is 4.61. The standard InChI is InChI=1S/C15H16N2O3S/c1-10(16-14(19)13-9-21-15(20)17-13)12-6-4-11(5-7-12)3-2-8-18/h4-7,10,13,18H,8-9H2,1H3,(H,16,19)(H,17,20). The third kappa shape index (κ3) is 4.25. The third-order valence-electron chi connectivity index (χ3n) is 3.07. The summed E-state index contributed by atoms with van der Waals surface area (Å²) in [5.41, 5.74) is 1.76. The zero-order chi connectivity index (χ0) is 15.2. The largest absolute Gasteiger partial charge is 0.384 e. The molecule has 3 N–H and O–H groups in total. The maximum Gasteiger partial charge on any atom is 0.279 e. The van der Waals surface area contributed by atoms with Crippen molar-refractivity contribution >= 4 is 22.9 Å². The van der Waals surface area contributed by atoms with E-state index in [0.717, 1.165) is 22.9 Å². The maximum atomic E-state index is 12.0. The lowest BCUT2D eigenvalue weighted by molar-refractivity contribution is -0.122. The molecule has 0 saturated carbocycles. The molecule has 0 aromatic heterocycles. The quantitative estimate of drug-likeness (QED) is 0.729. The highest BCUT2D eigenvalue weighted by molar-refractivity contribution is 8.14. The van der Waals surface area contributed by atoms with Gasteiger partial charge in [0.05, 0.1) is 6.04 Å². The summed E-state index contributed by atoms with van der Waals surface area (Å²) in [7, 11) is 0. The van der Waals surface area contributed by atoms with E-state index in [1.54, 1.807) is 0 Å². The Balaban J connectivity index is 1.95. The maximum absolute atomic E-state index is 12.0. The van der Waals surface area contributed by atoms with Gasteiger partial charge >= 0.3 is 0 Å². The Bertz CT molecular complexity index is 589. The highest BCUT2D eigenvalue weighted by Crippen LogP contribution is 2.16. The van der Waals surface area contributed by atoms with Crippen LogP contribution < -0.4 is 10.6 Å². The van der Waals surface area contributed by atoms with Gasteiger partial charge in [-0.2, -0.15) is 0 Å². The van der Waals surface area contributed by atoms with Crippen molar-refractivity contribution in [3.8, 4) is 11.8 Å². The van der Waals surface area contributed by atoms with Gasteiger partial charge in [-0.05, 0) is 24.6 Å². The summed E-state index contributed by atoms with van der Waals surface area (Å²) in [5.74, 6) is 5.68. The van der Waals surface area contributed by atoms with Crippen LogP contribution in [-0.2, 0) is 4.79 Å². The monoisotopic (exact) mass is 304 g/mol. The fraction of sp³-hybridized carbons (Fsp3) is 0.333. The molecule has 6 heteroatoms. The van der Waals surface area contributed by atoms with E-state index < -0.39 is 6.04 Å². The molecule has 0 bridgehead atoms. The van der Waals surface area contributed by atoms with E-state index in [1.807, 2.05) is 31.2 Å². The number of amides is 2. The minimum Gasteiger partial charge on any atom is -0.384 e. The molecular formula is C15H16N2O3S. The Hall–Kier alpha value is -1.97. The van der Waals surface area contributed by atoms with Crippen LogP contribution in [-0.4, -0.2) is 34.7 Å². The molecule has 1 saturated heterocycles. The zero-order valence-electron chi connectivity index (χ0n) is 11.6. The number of hydrogen-bond acceptors (Lipinski definition) is 4. The van der Waals surface area contributed by atoms with Gasteiger partial charge in [-0.15, -0.1) is 0 Å². The lowest BCUT2D eigenvalue weighted by atomic mass is 10.1. The Morgan fingerprint density at radius 2 is 2.24 bits per heavy atom. The number of rotatable bonds is 3. The molecule has 21 heavy (non-hydrogen) atoms. The number of carbonyl (C=O) groups is 2. The van der Waals surface area contributed by atoms with E-state index in [1.165, 1.54) is 0 Å². The number of thioether (sulfide) groups is 1. The molecule has 1 aliphatic rings. The van der Waals surface area contributed by atoms with Gasteiger partial charge in [-0.3, -0.25) is 9.59 Å². The summed E-state index contributed by atoms with van der Waals surface area (Å²) in [5, 5.41) is 14.0. The highest BCUT2D eigenvalue weighted by atomic mass is 32.2. The Morgan fingerprint density at radius 3 is 2.81 bits per heavy atom. The van der Waals surface area contributed by atoms with E-state index in [9.17, 15) is 9.59 Å². The van der Waals surface area contributed by atoms with Gasteiger partial charge in [0.2, 0.25) is 5.91 Å². The molecular weight excluding hydrogens is 288 g/mol. The molecule has 0 radical (unpaired) electrons. The molecule has 1 aromatic carbocycles. The fourth-order valence-corrected chi connectivity index (χ4v) is 2.70. The molecule has 2 atom stereocenters. The molecule has 1 aliphatic heterocycles. The fourth-order valence-electron chi connectivity index (χ4n) is 1.92. The first-order valence-electron chi connectivity index (χ1n) is 6.53. The van der Waals surface area contributed by atoms with Gasteiger partial charge in [-0.25, -0.2) is 0 Å². The third-order valence-corrected chi connectivity index (χ3v) is 3.95. The number of carbonyl (C=O) groups excluding carboxylic acids is 2. The van der Waals surface area contributed by atoms with Crippen LogP contribution in [0.3, 0.4) is 0 Å². The lowest BCUT2D eigenvalue weighted by Gasteiger charge is -2.17. The lowest BCUT2D eigenvalue weighted by Crippen LogP contribution is -2.43. The molecule has 1 fully saturated rings. The molecule has 1 heterocycles. The van der Waals surface area contributed by atoms with Crippen LogP contribution in [0.2, 0.25) is 0 Å². The number of aliphatic hydroxyl groups excluding tert-OH is 1. The summed E-state index contributed by atoms with van der Waals surface area (Å²) in [6, 6.07) is 6.84. The van der Waals surface area contributed by atoms with Crippen molar-refractivity contribution in [1.82, 2.24) is 10.6 Å². The van der Waals surface area contributed by atoms with Gasteiger partial charge in [0.25, 0.3) is 5.24 Å². The first-order chi connectivity index (χ1) is 10.1. The zero-order valence-corrected chi connectivity index (χ0v) is 12.4. The molecule has 2 unspecified atom stereocenters. The van der Waals surface area contributed by atoms with Gasteiger partial charge < -0.3 is 15.7 Å². The Morgan fingerprint density at radius 1 is 1.52 bits per heavy atom. The number of hydrogen-bond donors (Lipinski definition) is 3. The Labute approximate surface area is 127 Å². The summed E-state index contributed by atoms with van der Waals surface area (Å²) in [4.78, 5) is 23.1. The molecule has 2 amide bonds. The average molecular weight is 304 g/mol. The number of aliphatic hydroxyl groups is 1. The van der Waals surface area contributed by atoms with Crippen molar-refractivity contribution in [1.29, 1.82) is 0 Å². The first kappa shape index (κ1) is 15.4. The molecule has 5 nitrogen and oxygen atoms in total. The van der Waals surface area contributed by atoms with Gasteiger partial charge in [0, 0.05) is 11.3 Å². The number of nitrogens with one attached hydrogen (secondary N) is 2. The van der Waals surface area contributed by atoms with Crippen LogP contribution in [0, 0.1) is 11.8 Å². The summed E-state index contributed by atoms with van der Waals surface area (Å²) in [6.07, 6.45) is 0. The van der Waals surface area contributed by atoms with Crippen LogP contribution in [0.25, 0.3) is 0 Å². The first-order valence-corrected chi connectivity index (χ1v) is 7.52. The van der Waals surface area contributed by atoms with Crippen LogP contribution >= 0.6 is 11.8 Å². The van der Waals surface area contributed by atoms with Crippen LogP contribution in [0.15, 0.2) is 24.3 Å². The van der Waals surface area contributed by atoms with Crippen molar-refractivity contribution in [2.24, 2.45) is 0 Å². The minimum absolute atomic E-state index is 0.153. The van der Waals surface area contributed by atoms with Crippen molar-refractivity contribution in [3.63, 3.8) is 0 Å². The summed E-state index contributed by atoms with van der Waals surface area (Å²) < 4.78 is 0. The van der Waals surface area contributed by atoms with Crippen molar-refractivity contribution in [2.75, 3.05) is 12.4 Å². The predicted octanol–water partition coefficient (Wildman–Crippen LogP) is 1.03. The van der Waals surface area contributed by atoms with E-state index in [4.69, 9.17) is 5.11 Å². The van der Waals surface area contributed by atoms with Crippen LogP contribution in [0.1, 0.15) is 24.1 Å². The highest BCUT2D eigenvalue weighted by Gasteiger charge is 2.28. The van der Waals surface area contributed by atoms with E-state index in [2.05, 4.69) is 22.5 Å². The predicted molar refractivity (Wildman–Crippen MR) is 81.7 cm³/mol. The van der Waals surface area contributed by atoms with Crippen molar-refractivity contribution in [3.05, 3.63) is 35.4 Å². The molecule has 1 aromatic rings. The van der Waals surface area contributed by atoms with E-state index >= 15 is 0 Å². The van der Waals surface area contributed by atoms with E-state index in [-0.39, 0.29) is 23.8 Å².